The molecule has 5 heteroatoms. The van der Waals surface area contributed by atoms with Gasteiger partial charge in [-0.05, 0) is 38.1 Å². The molecule has 1 amide bonds. The van der Waals surface area contributed by atoms with Gasteiger partial charge in [-0.1, -0.05) is 34.9 Å². The summed E-state index contributed by atoms with van der Waals surface area (Å²) in [6.07, 6.45) is 3.83. The molecule has 1 N–H and O–H groups in total. The molecular formula is C18H17ClNO3-. The maximum atomic E-state index is 12.7. The number of carboxylic acid groups (broad SMARTS) is 1. The third kappa shape index (κ3) is 2.68. The molecule has 0 radical (unpaired) electrons. The Morgan fingerprint density at radius 3 is 2.13 bits per heavy atom. The van der Waals surface area contributed by atoms with Gasteiger partial charge in [0.25, 0.3) is 0 Å². The smallest absolute Gasteiger partial charge is 0.229 e. The van der Waals surface area contributed by atoms with Crippen LogP contribution >= 0.6 is 11.6 Å². The predicted molar refractivity (Wildman–Crippen MR) is 86.6 cm³/mol. The largest absolute Gasteiger partial charge is 0.550 e. The van der Waals surface area contributed by atoms with Gasteiger partial charge in [0.1, 0.15) is 0 Å². The number of amides is 1. The highest BCUT2D eigenvalue weighted by Gasteiger charge is 2.52. The molecule has 0 saturated heterocycles. The number of benzene rings is 1. The van der Waals surface area contributed by atoms with Crippen LogP contribution in [0.3, 0.4) is 0 Å². The van der Waals surface area contributed by atoms with Gasteiger partial charge in [0.05, 0.1) is 5.92 Å². The van der Waals surface area contributed by atoms with Crippen LogP contribution in [0.4, 0.5) is 5.69 Å². The topological polar surface area (TPSA) is 69.2 Å². The van der Waals surface area contributed by atoms with E-state index in [0.29, 0.717) is 10.7 Å². The lowest BCUT2D eigenvalue weighted by molar-refractivity contribution is -0.313. The van der Waals surface area contributed by atoms with Gasteiger partial charge in [-0.2, -0.15) is 0 Å². The Balaban J connectivity index is 1.89. The summed E-state index contributed by atoms with van der Waals surface area (Å²) in [5.74, 6) is -3.33. The third-order valence-electron chi connectivity index (χ3n) is 4.67. The molecule has 4 nitrogen and oxygen atoms in total. The van der Waals surface area contributed by atoms with Crippen LogP contribution in [-0.4, -0.2) is 11.9 Å². The van der Waals surface area contributed by atoms with Crippen molar-refractivity contribution in [3.63, 3.8) is 0 Å². The number of nitrogens with one attached hydrogen (secondary N) is 1. The van der Waals surface area contributed by atoms with Crippen molar-refractivity contribution in [2.24, 2.45) is 23.7 Å². The molecule has 0 aliphatic heterocycles. The molecule has 4 atom stereocenters. The summed E-state index contributed by atoms with van der Waals surface area (Å²) in [5.41, 5.74) is 2.70. The Hall–Kier alpha value is -2.07. The Morgan fingerprint density at radius 1 is 1.04 bits per heavy atom. The van der Waals surface area contributed by atoms with E-state index >= 15 is 0 Å². The summed E-state index contributed by atoms with van der Waals surface area (Å²) in [4.78, 5) is 24.3. The molecule has 1 saturated carbocycles. The van der Waals surface area contributed by atoms with Crippen molar-refractivity contribution in [1.82, 2.24) is 0 Å². The first kappa shape index (κ1) is 15.8. The minimum atomic E-state index is -1.17. The number of carbonyl (C=O) groups excluding carboxylic acids is 2. The predicted octanol–water partition coefficient (Wildman–Crippen LogP) is 2.41. The number of allylic oxidation sites excluding steroid dienone is 4. The molecule has 1 aromatic rings. The van der Waals surface area contributed by atoms with E-state index in [4.69, 9.17) is 11.6 Å². The fourth-order valence-corrected chi connectivity index (χ4v) is 3.91. The lowest BCUT2D eigenvalue weighted by Gasteiger charge is -2.27. The van der Waals surface area contributed by atoms with Gasteiger partial charge in [-0.15, -0.1) is 0 Å². The number of carbonyl (C=O) groups is 2. The van der Waals surface area contributed by atoms with E-state index in [-0.39, 0.29) is 17.7 Å². The summed E-state index contributed by atoms with van der Waals surface area (Å²) in [5, 5.41) is 15.0. The van der Waals surface area contributed by atoms with Crippen LogP contribution in [0.5, 0.6) is 0 Å². The van der Waals surface area contributed by atoms with Crippen molar-refractivity contribution in [3.8, 4) is 0 Å². The fourth-order valence-electron chi connectivity index (χ4n) is 3.79. The van der Waals surface area contributed by atoms with E-state index < -0.39 is 17.8 Å². The highest BCUT2D eigenvalue weighted by atomic mass is 35.5. The van der Waals surface area contributed by atoms with Crippen molar-refractivity contribution < 1.29 is 14.7 Å². The van der Waals surface area contributed by atoms with Crippen molar-refractivity contribution in [1.29, 1.82) is 0 Å². The lowest BCUT2D eigenvalue weighted by Crippen LogP contribution is -2.42. The number of rotatable bonds is 3. The first-order valence-electron chi connectivity index (χ1n) is 7.53. The van der Waals surface area contributed by atoms with E-state index in [1.54, 1.807) is 24.3 Å². The summed E-state index contributed by atoms with van der Waals surface area (Å²) in [6.45, 7) is 3.91. The van der Waals surface area contributed by atoms with Gasteiger partial charge < -0.3 is 15.2 Å². The average Bonchev–Trinajstić information content (AvgIpc) is 3.05. The molecule has 120 valence electrons. The number of anilines is 1. The second-order valence-corrected chi connectivity index (χ2v) is 6.69. The van der Waals surface area contributed by atoms with Gasteiger partial charge in [0.15, 0.2) is 0 Å². The number of fused-ring (bicyclic) bond motifs is 2. The molecule has 23 heavy (non-hydrogen) atoms. The Bertz CT molecular complexity index is 716. The minimum absolute atomic E-state index is 0.166. The number of hydrogen-bond acceptors (Lipinski definition) is 3. The van der Waals surface area contributed by atoms with Crippen LogP contribution in [0.1, 0.15) is 13.8 Å². The molecule has 2 bridgehead atoms. The number of halogens is 1. The highest BCUT2D eigenvalue weighted by Crippen LogP contribution is 2.53. The molecule has 0 unspecified atom stereocenters. The van der Waals surface area contributed by atoms with Crippen LogP contribution < -0.4 is 10.4 Å². The second-order valence-electron chi connectivity index (χ2n) is 6.26. The van der Waals surface area contributed by atoms with Crippen LogP contribution in [0, 0.1) is 23.7 Å². The van der Waals surface area contributed by atoms with E-state index in [2.05, 4.69) is 5.32 Å². The summed E-state index contributed by atoms with van der Waals surface area (Å²) >= 11 is 5.83. The first-order chi connectivity index (χ1) is 10.9. The molecule has 2 aliphatic rings. The Kier molecular flexibility index (Phi) is 4.02. The maximum Gasteiger partial charge on any atom is 0.229 e. The van der Waals surface area contributed by atoms with E-state index in [1.165, 1.54) is 0 Å². The van der Waals surface area contributed by atoms with Gasteiger partial charge in [-0.3, -0.25) is 4.79 Å². The third-order valence-corrected chi connectivity index (χ3v) is 4.92. The van der Waals surface area contributed by atoms with E-state index in [9.17, 15) is 14.7 Å². The fraction of sp³-hybridized carbons (Fsp3) is 0.333. The van der Waals surface area contributed by atoms with Crippen LogP contribution in [-0.2, 0) is 9.59 Å². The molecule has 3 rings (SSSR count). The summed E-state index contributed by atoms with van der Waals surface area (Å²) in [6, 6.07) is 6.74. The summed E-state index contributed by atoms with van der Waals surface area (Å²) in [7, 11) is 0. The van der Waals surface area contributed by atoms with Crippen LogP contribution in [0.25, 0.3) is 0 Å². The SMILES string of the molecule is CC(C)=C1[C@H]2C=C[C@@H]1[C@@H](C(=O)Nc1ccc(Cl)cc1)[C@H]2C(=O)[O-]. The quantitative estimate of drug-likeness (QED) is 0.865. The van der Waals surface area contributed by atoms with Gasteiger partial charge in [0.2, 0.25) is 5.91 Å². The standard InChI is InChI=1S/C18H18ClNO3/c1-9(2)14-12-7-8-13(14)16(18(22)23)15(12)17(21)20-11-5-3-10(19)4-6-11/h3-8,12-13,15-16H,1-2H3,(H,20,21)(H,22,23)/p-1/t12-,13+,15+,16-/m0/s1. The molecular weight excluding hydrogens is 314 g/mol. The maximum absolute atomic E-state index is 12.7. The zero-order valence-corrected chi connectivity index (χ0v) is 13.6. The summed E-state index contributed by atoms with van der Waals surface area (Å²) < 4.78 is 0. The number of hydrogen-bond donors (Lipinski definition) is 1. The van der Waals surface area contributed by atoms with E-state index in [0.717, 1.165) is 11.1 Å². The molecule has 0 heterocycles. The monoisotopic (exact) mass is 330 g/mol. The molecule has 0 aromatic heterocycles. The average molecular weight is 331 g/mol. The highest BCUT2D eigenvalue weighted by molar-refractivity contribution is 6.30. The minimum Gasteiger partial charge on any atom is -0.550 e. The number of carboxylic acids is 1. The normalized spacial score (nSPS) is 28.0. The van der Waals surface area contributed by atoms with Crippen LogP contribution in [0.2, 0.25) is 5.02 Å². The zero-order valence-electron chi connectivity index (χ0n) is 12.9. The molecule has 1 fully saturated rings. The molecule has 2 aliphatic carbocycles. The van der Waals surface area contributed by atoms with Crippen molar-refractivity contribution >= 4 is 29.2 Å². The lowest BCUT2D eigenvalue weighted by atomic mass is 9.82. The Labute approximate surface area is 139 Å². The van der Waals surface area contributed by atoms with Gasteiger partial charge >= 0.3 is 0 Å². The van der Waals surface area contributed by atoms with Gasteiger partial charge in [0, 0.05) is 34.4 Å². The van der Waals surface area contributed by atoms with Crippen molar-refractivity contribution in [2.45, 2.75) is 13.8 Å². The van der Waals surface area contributed by atoms with Gasteiger partial charge in [-0.25, -0.2) is 0 Å². The van der Waals surface area contributed by atoms with Crippen molar-refractivity contribution in [2.75, 3.05) is 5.32 Å². The number of aliphatic carboxylic acids is 1. The van der Waals surface area contributed by atoms with Crippen LogP contribution in [0.15, 0.2) is 47.6 Å². The zero-order chi connectivity index (χ0) is 16.7. The van der Waals surface area contributed by atoms with E-state index in [1.807, 2.05) is 26.0 Å². The van der Waals surface area contributed by atoms with Crippen molar-refractivity contribution in [3.05, 3.63) is 52.6 Å². The first-order valence-corrected chi connectivity index (χ1v) is 7.91. The second kappa shape index (κ2) is 5.85. The Morgan fingerprint density at radius 2 is 1.61 bits per heavy atom. The molecule has 0 spiro atoms. The molecule has 1 aromatic carbocycles.